The fourth-order valence-electron chi connectivity index (χ4n) is 1.87. The maximum absolute atomic E-state index is 11.0. The van der Waals surface area contributed by atoms with Gasteiger partial charge in [-0.15, -0.1) is 0 Å². The quantitative estimate of drug-likeness (QED) is 0.687. The van der Waals surface area contributed by atoms with Gasteiger partial charge < -0.3 is 14.8 Å². The first-order valence-electron chi connectivity index (χ1n) is 6.43. The Labute approximate surface area is 111 Å². The molecule has 0 radical (unpaired) electrons. The van der Waals surface area contributed by atoms with Crippen LogP contribution in [0, 0.1) is 5.41 Å². The summed E-state index contributed by atoms with van der Waals surface area (Å²) in [7, 11) is 0. The van der Waals surface area contributed by atoms with Gasteiger partial charge in [-0.1, -0.05) is 19.9 Å². The molecule has 5 heteroatoms. The van der Waals surface area contributed by atoms with Gasteiger partial charge in [0.25, 0.3) is 0 Å². The summed E-state index contributed by atoms with van der Waals surface area (Å²) >= 11 is 0. The number of rotatable bonds is 6. The highest BCUT2D eigenvalue weighted by Gasteiger charge is 2.15. The van der Waals surface area contributed by atoms with Gasteiger partial charge in [-0.05, 0) is 30.7 Å². The van der Waals surface area contributed by atoms with Gasteiger partial charge in [-0.3, -0.25) is 4.98 Å². The molecule has 0 fully saturated rings. The standard InChI is InChI=1S/C14H20N2O3/c1-14(2,9-17)8-15-6-5-10-3-4-12-11(7-10)16-13(18)19-12/h3-4,7,15,17H,5-6,8-9H2,1-2H3,(H,16,18). The van der Waals surface area contributed by atoms with E-state index in [9.17, 15) is 4.79 Å². The molecule has 3 N–H and O–H groups in total. The second kappa shape index (κ2) is 5.59. The van der Waals surface area contributed by atoms with E-state index >= 15 is 0 Å². The van der Waals surface area contributed by atoms with Gasteiger partial charge in [-0.25, -0.2) is 4.79 Å². The van der Waals surface area contributed by atoms with E-state index in [-0.39, 0.29) is 12.0 Å². The van der Waals surface area contributed by atoms with Crippen LogP contribution in [0.5, 0.6) is 0 Å². The number of hydrogen-bond acceptors (Lipinski definition) is 4. The Kier molecular flexibility index (Phi) is 4.07. The third-order valence-electron chi connectivity index (χ3n) is 3.11. The van der Waals surface area contributed by atoms with E-state index in [1.807, 2.05) is 26.0 Å². The Morgan fingerprint density at radius 3 is 2.95 bits per heavy atom. The summed E-state index contributed by atoms with van der Waals surface area (Å²) in [5.41, 5.74) is 2.36. The lowest BCUT2D eigenvalue weighted by Gasteiger charge is -2.21. The summed E-state index contributed by atoms with van der Waals surface area (Å²) in [6.07, 6.45) is 0.866. The monoisotopic (exact) mass is 264 g/mol. The fourth-order valence-corrected chi connectivity index (χ4v) is 1.87. The summed E-state index contributed by atoms with van der Waals surface area (Å²) in [5, 5.41) is 12.5. The molecule has 0 spiro atoms. The van der Waals surface area contributed by atoms with E-state index < -0.39 is 5.76 Å². The van der Waals surface area contributed by atoms with Crippen LogP contribution in [0.2, 0.25) is 0 Å². The molecule has 1 aromatic carbocycles. The summed E-state index contributed by atoms with van der Waals surface area (Å²) in [6, 6.07) is 5.69. The summed E-state index contributed by atoms with van der Waals surface area (Å²) in [4.78, 5) is 13.7. The highest BCUT2D eigenvalue weighted by atomic mass is 16.4. The number of benzene rings is 1. The van der Waals surface area contributed by atoms with Crippen molar-refractivity contribution >= 4 is 11.1 Å². The van der Waals surface area contributed by atoms with Crippen LogP contribution in [-0.2, 0) is 6.42 Å². The molecule has 0 aliphatic heterocycles. The van der Waals surface area contributed by atoms with Crippen molar-refractivity contribution in [3.8, 4) is 0 Å². The lowest BCUT2D eigenvalue weighted by Crippen LogP contribution is -2.33. The van der Waals surface area contributed by atoms with Gasteiger partial charge in [0.15, 0.2) is 5.58 Å². The van der Waals surface area contributed by atoms with Gasteiger partial charge >= 0.3 is 5.76 Å². The molecule has 0 bridgehead atoms. The molecule has 0 saturated carbocycles. The zero-order chi connectivity index (χ0) is 13.9. The zero-order valence-electron chi connectivity index (χ0n) is 11.3. The van der Waals surface area contributed by atoms with E-state index in [0.29, 0.717) is 5.58 Å². The first-order valence-corrected chi connectivity index (χ1v) is 6.43. The molecule has 2 aromatic rings. The van der Waals surface area contributed by atoms with Gasteiger partial charge in [0, 0.05) is 18.6 Å². The SMILES string of the molecule is CC(C)(CO)CNCCc1ccc2oc(=O)[nH]c2c1. The second-order valence-corrected chi connectivity index (χ2v) is 5.59. The summed E-state index contributed by atoms with van der Waals surface area (Å²) in [6.45, 7) is 5.80. The molecule has 1 aromatic heterocycles. The molecule has 1 heterocycles. The second-order valence-electron chi connectivity index (χ2n) is 5.59. The van der Waals surface area contributed by atoms with Crippen molar-refractivity contribution in [1.29, 1.82) is 0 Å². The molecule has 0 atom stereocenters. The molecule has 0 amide bonds. The van der Waals surface area contributed by atoms with Crippen LogP contribution in [0.15, 0.2) is 27.4 Å². The zero-order valence-corrected chi connectivity index (χ0v) is 11.3. The molecule has 5 nitrogen and oxygen atoms in total. The van der Waals surface area contributed by atoms with Crippen molar-refractivity contribution in [3.63, 3.8) is 0 Å². The topological polar surface area (TPSA) is 78.3 Å². The molecular formula is C14H20N2O3. The van der Waals surface area contributed by atoms with Crippen molar-refractivity contribution in [1.82, 2.24) is 10.3 Å². The first kappa shape index (κ1) is 13.8. The van der Waals surface area contributed by atoms with Crippen molar-refractivity contribution in [2.45, 2.75) is 20.3 Å². The maximum Gasteiger partial charge on any atom is 0.417 e. The normalized spacial score (nSPS) is 12.2. The Hall–Kier alpha value is -1.59. The van der Waals surface area contributed by atoms with Crippen molar-refractivity contribution in [2.75, 3.05) is 19.7 Å². The maximum atomic E-state index is 11.0. The number of oxazole rings is 1. The van der Waals surface area contributed by atoms with Gasteiger partial charge in [0.1, 0.15) is 0 Å². The molecule has 0 aliphatic carbocycles. The average Bonchev–Trinajstić information content (AvgIpc) is 2.74. The lowest BCUT2D eigenvalue weighted by molar-refractivity contribution is 0.157. The first-order chi connectivity index (χ1) is 9.00. The van der Waals surface area contributed by atoms with E-state index in [1.54, 1.807) is 6.07 Å². The third kappa shape index (κ3) is 3.68. The van der Waals surface area contributed by atoms with E-state index in [0.717, 1.165) is 30.6 Å². The Morgan fingerprint density at radius 1 is 1.42 bits per heavy atom. The van der Waals surface area contributed by atoms with Crippen molar-refractivity contribution in [2.24, 2.45) is 5.41 Å². The third-order valence-corrected chi connectivity index (χ3v) is 3.11. The largest absolute Gasteiger partial charge is 0.417 e. The number of aliphatic hydroxyl groups is 1. The molecule has 19 heavy (non-hydrogen) atoms. The van der Waals surface area contributed by atoms with E-state index in [4.69, 9.17) is 9.52 Å². The number of fused-ring (bicyclic) bond motifs is 1. The minimum atomic E-state index is -0.421. The van der Waals surface area contributed by atoms with Gasteiger partial charge in [0.2, 0.25) is 0 Å². The van der Waals surface area contributed by atoms with Crippen LogP contribution in [0.4, 0.5) is 0 Å². The smallest absolute Gasteiger partial charge is 0.408 e. The van der Waals surface area contributed by atoms with Crippen molar-refractivity contribution in [3.05, 3.63) is 34.3 Å². The van der Waals surface area contributed by atoms with Crippen LogP contribution >= 0.6 is 0 Å². The summed E-state index contributed by atoms with van der Waals surface area (Å²) in [5.74, 6) is -0.421. The Balaban J connectivity index is 1.89. The summed E-state index contributed by atoms with van der Waals surface area (Å²) < 4.78 is 4.95. The predicted octanol–water partition coefficient (Wildman–Crippen LogP) is 1.27. The van der Waals surface area contributed by atoms with Gasteiger partial charge in [-0.2, -0.15) is 0 Å². The highest BCUT2D eigenvalue weighted by molar-refractivity contribution is 5.72. The minimum absolute atomic E-state index is 0.0975. The van der Waals surface area contributed by atoms with Crippen LogP contribution in [0.25, 0.3) is 11.1 Å². The van der Waals surface area contributed by atoms with Crippen LogP contribution < -0.4 is 11.1 Å². The number of aromatic amines is 1. The van der Waals surface area contributed by atoms with Crippen LogP contribution in [-0.4, -0.2) is 29.8 Å². The number of hydrogen-bond donors (Lipinski definition) is 3. The molecule has 0 unspecified atom stereocenters. The van der Waals surface area contributed by atoms with Gasteiger partial charge in [0.05, 0.1) is 5.52 Å². The molecule has 0 aliphatic rings. The van der Waals surface area contributed by atoms with E-state index in [2.05, 4.69) is 10.3 Å². The molecular weight excluding hydrogens is 244 g/mol. The van der Waals surface area contributed by atoms with Crippen molar-refractivity contribution < 1.29 is 9.52 Å². The Morgan fingerprint density at radius 2 is 2.21 bits per heavy atom. The average molecular weight is 264 g/mol. The van der Waals surface area contributed by atoms with E-state index in [1.165, 1.54) is 0 Å². The van der Waals surface area contributed by atoms with Crippen LogP contribution in [0.3, 0.4) is 0 Å². The number of aromatic nitrogens is 1. The number of H-pyrrole nitrogens is 1. The Bertz CT molecular complexity index is 598. The number of aliphatic hydroxyl groups excluding tert-OH is 1. The molecule has 104 valence electrons. The lowest BCUT2D eigenvalue weighted by atomic mass is 9.95. The van der Waals surface area contributed by atoms with Crippen LogP contribution in [0.1, 0.15) is 19.4 Å². The predicted molar refractivity (Wildman–Crippen MR) is 74.3 cm³/mol. The molecule has 2 rings (SSSR count). The number of nitrogens with one attached hydrogen (secondary N) is 2. The highest BCUT2D eigenvalue weighted by Crippen LogP contribution is 2.13. The minimum Gasteiger partial charge on any atom is -0.408 e. The molecule has 0 saturated heterocycles. The fraction of sp³-hybridized carbons (Fsp3) is 0.500.